The van der Waals surface area contributed by atoms with Gasteiger partial charge in [0.05, 0.1) is 19.4 Å². The fraction of sp³-hybridized carbons (Fsp3) is 0.364. The van der Waals surface area contributed by atoms with Crippen molar-refractivity contribution in [1.29, 1.82) is 0 Å². The number of nitrogens with one attached hydrogen (secondary N) is 3. The summed E-state index contributed by atoms with van der Waals surface area (Å²) in [7, 11) is 0. The fourth-order valence-electron chi connectivity index (χ4n) is 3.32. The Kier molecular flexibility index (Phi) is 7.88. The highest BCUT2D eigenvalue weighted by molar-refractivity contribution is 5.41. The minimum atomic E-state index is -0.972. The molecule has 0 saturated carbocycles. The summed E-state index contributed by atoms with van der Waals surface area (Å²) >= 11 is 0. The van der Waals surface area contributed by atoms with Crippen molar-refractivity contribution in [1.82, 2.24) is 24.8 Å². The van der Waals surface area contributed by atoms with Gasteiger partial charge in [-0.3, -0.25) is 4.90 Å². The summed E-state index contributed by atoms with van der Waals surface area (Å²) in [6.45, 7) is 6.07. The molecule has 1 fully saturated rings. The maximum atomic E-state index is 13.6. The molecule has 1 aromatic carbocycles. The van der Waals surface area contributed by atoms with Crippen LogP contribution in [-0.4, -0.2) is 64.2 Å². The molecule has 1 aliphatic rings. The zero-order valence-corrected chi connectivity index (χ0v) is 18.1. The van der Waals surface area contributed by atoms with E-state index in [2.05, 4.69) is 40.8 Å². The van der Waals surface area contributed by atoms with Gasteiger partial charge in [0.15, 0.2) is 11.6 Å². The van der Waals surface area contributed by atoms with Crippen molar-refractivity contribution in [2.45, 2.75) is 13.1 Å². The lowest BCUT2D eigenvalue weighted by Gasteiger charge is -2.26. The third-order valence-corrected chi connectivity index (χ3v) is 5.14. The Labute approximate surface area is 190 Å². The van der Waals surface area contributed by atoms with E-state index in [1.54, 1.807) is 6.20 Å². The number of hydrogen-bond donors (Lipinski definition) is 3. The Morgan fingerprint density at radius 1 is 0.879 bits per heavy atom. The maximum absolute atomic E-state index is 13.6. The van der Waals surface area contributed by atoms with Crippen molar-refractivity contribution < 1.29 is 13.5 Å². The first-order chi connectivity index (χ1) is 16.2. The van der Waals surface area contributed by atoms with Gasteiger partial charge in [-0.2, -0.15) is 14.4 Å². The lowest BCUT2D eigenvalue weighted by molar-refractivity contribution is 0.0398. The Balaban J connectivity index is 1.22. The molecule has 0 atom stereocenters. The number of ether oxygens (including phenoxy) is 1. The van der Waals surface area contributed by atoms with Crippen LogP contribution in [0.5, 0.6) is 0 Å². The predicted molar refractivity (Wildman–Crippen MR) is 121 cm³/mol. The van der Waals surface area contributed by atoms with Crippen LogP contribution in [0.3, 0.4) is 0 Å². The zero-order valence-electron chi connectivity index (χ0n) is 18.1. The molecular weight excluding hydrogens is 430 g/mol. The van der Waals surface area contributed by atoms with Crippen molar-refractivity contribution in [3.05, 3.63) is 65.7 Å². The molecule has 4 rings (SSSR count). The first kappa shape index (κ1) is 22.7. The van der Waals surface area contributed by atoms with Crippen LogP contribution in [0.4, 0.5) is 26.4 Å². The van der Waals surface area contributed by atoms with Crippen LogP contribution in [0.25, 0.3) is 0 Å². The van der Waals surface area contributed by atoms with Crippen molar-refractivity contribution in [2.75, 3.05) is 55.3 Å². The topological polar surface area (TPSA) is 100 Å². The van der Waals surface area contributed by atoms with E-state index in [9.17, 15) is 8.78 Å². The van der Waals surface area contributed by atoms with E-state index in [4.69, 9.17) is 4.74 Å². The molecule has 1 aliphatic heterocycles. The lowest BCUT2D eigenvalue weighted by atomic mass is 10.1. The molecule has 3 heterocycles. The lowest BCUT2D eigenvalue weighted by Crippen LogP contribution is -2.39. The summed E-state index contributed by atoms with van der Waals surface area (Å²) < 4.78 is 32.0. The fourth-order valence-corrected chi connectivity index (χ4v) is 3.32. The van der Waals surface area contributed by atoms with Gasteiger partial charge in [0, 0.05) is 45.5 Å². The summed E-state index contributed by atoms with van der Waals surface area (Å²) in [4.78, 5) is 17.7. The monoisotopic (exact) mass is 456 g/mol. The molecule has 0 aliphatic carbocycles. The van der Waals surface area contributed by atoms with E-state index in [0.717, 1.165) is 62.5 Å². The molecule has 0 unspecified atom stereocenters. The maximum Gasteiger partial charge on any atom is 0.310 e. The summed E-state index contributed by atoms with van der Waals surface area (Å²) in [5.41, 5.74) is 1.96. The summed E-state index contributed by atoms with van der Waals surface area (Å²) in [6, 6.07) is 9.57. The van der Waals surface area contributed by atoms with E-state index in [1.165, 1.54) is 0 Å². The molecule has 3 N–H and O–H groups in total. The van der Waals surface area contributed by atoms with Gasteiger partial charge >= 0.3 is 6.08 Å². The number of rotatable bonds is 10. The van der Waals surface area contributed by atoms with Crippen LogP contribution in [0.1, 0.15) is 11.1 Å². The van der Waals surface area contributed by atoms with Crippen LogP contribution in [0, 0.1) is 11.9 Å². The zero-order chi connectivity index (χ0) is 22.9. The standard InChI is InChI=1S/C22H26F2N8O/c23-18-15-29-21(24)31-20(18)28-14-17-3-1-16(2-4-17)13-27-19-5-6-25-22(30-19)26-7-8-32-9-11-33-12-10-32/h1-6,15H,7-14H2,(H,28,29,31)(H2,25,26,27,30). The molecule has 0 amide bonds. The van der Waals surface area contributed by atoms with E-state index in [0.29, 0.717) is 19.0 Å². The molecule has 3 aromatic rings. The second kappa shape index (κ2) is 11.4. The number of benzene rings is 1. The highest BCUT2D eigenvalue weighted by Crippen LogP contribution is 2.13. The van der Waals surface area contributed by atoms with Crippen molar-refractivity contribution in [3.8, 4) is 0 Å². The molecule has 174 valence electrons. The molecule has 2 aromatic heterocycles. The molecule has 0 bridgehead atoms. The van der Waals surface area contributed by atoms with Crippen LogP contribution in [-0.2, 0) is 17.8 Å². The van der Waals surface area contributed by atoms with E-state index in [1.807, 2.05) is 30.3 Å². The molecule has 11 heteroatoms. The average molecular weight is 457 g/mol. The number of halogens is 2. The molecule has 33 heavy (non-hydrogen) atoms. The Hall–Kier alpha value is -3.44. The average Bonchev–Trinajstić information content (AvgIpc) is 2.85. The minimum Gasteiger partial charge on any atom is -0.379 e. The van der Waals surface area contributed by atoms with Crippen molar-refractivity contribution >= 4 is 17.6 Å². The number of aromatic nitrogens is 4. The molecule has 9 nitrogen and oxygen atoms in total. The van der Waals surface area contributed by atoms with E-state index >= 15 is 0 Å². The van der Waals surface area contributed by atoms with Gasteiger partial charge in [-0.05, 0) is 17.2 Å². The molecule has 1 saturated heterocycles. The first-order valence-electron chi connectivity index (χ1n) is 10.8. The van der Waals surface area contributed by atoms with Gasteiger partial charge in [-0.25, -0.2) is 14.4 Å². The first-order valence-corrected chi connectivity index (χ1v) is 10.8. The van der Waals surface area contributed by atoms with Crippen LogP contribution >= 0.6 is 0 Å². The largest absolute Gasteiger partial charge is 0.379 e. The summed E-state index contributed by atoms with van der Waals surface area (Å²) in [5, 5.41) is 9.33. The minimum absolute atomic E-state index is 0.161. The SMILES string of the molecule is Fc1ncc(F)c(NCc2ccc(CNc3ccnc(NCCN4CCOCC4)n3)cc2)n1. The Morgan fingerprint density at radius 3 is 2.36 bits per heavy atom. The molecule has 0 spiro atoms. The Morgan fingerprint density at radius 2 is 1.61 bits per heavy atom. The van der Waals surface area contributed by atoms with Gasteiger partial charge in [0.2, 0.25) is 5.95 Å². The second-order valence-electron chi connectivity index (χ2n) is 7.51. The summed E-state index contributed by atoms with van der Waals surface area (Å²) in [6.07, 6.45) is 1.55. The second-order valence-corrected chi connectivity index (χ2v) is 7.51. The van der Waals surface area contributed by atoms with Crippen molar-refractivity contribution in [2.24, 2.45) is 0 Å². The number of hydrogen-bond acceptors (Lipinski definition) is 9. The molecular formula is C22H26F2N8O. The number of nitrogens with zero attached hydrogens (tertiary/aromatic N) is 5. The quantitative estimate of drug-likeness (QED) is 0.397. The van der Waals surface area contributed by atoms with Crippen LogP contribution < -0.4 is 16.0 Å². The van der Waals surface area contributed by atoms with Crippen LogP contribution in [0.15, 0.2) is 42.7 Å². The van der Waals surface area contributed by atoms with Gasteiger partial charge in [-0.1, -0.05) is 24.3 Å². The van der Waals surface area contributed by atoms with Gasteiger partial charge in [0.1, 0.15) is 5.82 Å². The molecule has 0 radical (unpaired) electrons. The summed E-state index contributed by atoms with van der Waals surface area (Å²) in [5.74, 6) is 0.456. The van der Waals surface area contributed by atoms with E-state index < -0.39 is 11.9 Å². The third-order valence-electron chi connectivity index (χ3n) is 5.14. The number of anilines is 3. The predicted octanol–water partition coefficient (Wildman–Crippen LogP) is 2.51. The van der Waals surface area contributed by atoms with Crippen LogP contribution in [0.2, 0.25) is 0 Å². The van der Waals surface area contributed by atoms with E-state index in [-0.39, 0.29) is 5.82 Å². The Bertz CT molecular complexity index is 1030. The normalized spacial score (nSPS) is 14.1. The number of morpholine rings is 1. The van der Waals surface area contributed by atoms with Gasteiger partial charge in [0.25, 0.3) is 0 Å². The van der Waals surface area contributed by atoms with Gasteiger partial charge in [-0.15, -0.1) is 0 Å². The smallest absolute Gasteiger partial charge is 0.310 e. The third kappa shape index (κ3) is 7.02. The van der Waals surface area contributed by atoms with Crippen molar-refractivity contribution in [3.63, 3.8) is 0 Å². The van der Waals surface area contributed by atoms with Gasteiger partial charge < -0.3 is 20.7 Å². The highest BCUT2D eigenvalue weighted by Gasteiger charge is 2.10. The highest BCUT2D eigenvalue weighted by atomic mass is 19.1.